The maximum atomic E-state index is 11.5. The number of rotatable bonds is 4. The maximum absolute atomic E-state index is 11.5. The van der Waals surface area contributed by atoms with Gasteiger partial charge in [0.15, 0.2) is 10.8 Å². The number of methoxy groups -OCH3 is 1. The molecule has 1 saturated heterocycles. The van der Waals surface area contributed by atoms with Crippen LogP contribution >= 0.6 is 11.3 Å². The van der Waals surface area contributed by atoms with Crippen LogP contribution < -0.4 is 0 Å². The topological polar surface area (TPSA) is 55.6 Å². The summed E-state index contributed by atoms with van der Waals surface area (Å²) in [5.41, 5.74) is 1.02. The van der Waals surface area contributed by atoms with Gasteiger partial charge in [-0.15, -0.1) is 11.3 Å². The summed E-state index contributed by atoms with van der Waals surface area (Å²) in [4.78, 5) is 18.3. The van der Waals surface area contributed by atoms with Crippen LogP contribution in [-0.2, 0) is 16.1 Å². The number of hydrogen-bond donors (Lipinski definition) is 0. The Hall–Kier alpha value is -1.66. The van der Waals surface area contributed by atoms with Gasteiger partial charge in [0.25, 0.3) is 0 Å². The third-order valence-corrected chi connectivity index (χ3v) is 4.38. The molecule has 0 N–H and O–H groups in total. The van der Waals surface area contributed by atoms with Gasteiger partial charge >= 0.3 is 5.97 Å². The summed E-state index contributed by atoms with van der Waals surface area (Å²) < 4.78 is 10.1. The molecular weight excluding hydrogens is 276 g/mol. The van der Waals surface area contributed by atoms with Gasteiger partial charge < -0.3 is 9.15 Å². The van der Waals surface area contributed by atoms with Crippen LogP contribution in [0.1, 0.15) is 12.1 Å². The summed E-state index contributed by atoms with van der Waals surface area (Å²) >= 11 is 1.58. The van der Waals surface area contributed by atoms with Crippen molar-refractivity contribution in [3.63, 3.8) is 0 Å². The smallest absolute Gasteiger partial charge is 0.310 e. The van der Waals surface area contributed by atoms with Gasteiger partial charge in [-0.25, -0.2) is 4.98 Å². The summed E-state index contributed by atoms with van der Waals surface area (Å²) in [5, 5.41) is 2.94. The highest BCUT2D eigenvalue weighted by molar-refractivity contribution is 7.13. The fourth-order valence-electron chi connectivity index (χ4n) is 2.46. The second-order valence-corrected chi connectivity index (χ2v) is 5.72. The van der Waals surface area contributed by atoms with Crippen LogP contribution in [0.25, 0.3) is 10.8 Å². The van der Waals surface area contributed by atoms with E-state index in [1.54, 1.807) is 17.6 Å². The van der Waals surface area contributed by atoms with E-state index in [1.807, 2.05) is 17.5 Å². The third kappa shape index (κ3) is 2.76. The monoisotopic (exact) mass is 292 g/mol. The largest absolute Gasteiger partial charge is 0.469 e. The minimum absolute atomic E-state index is 0.00294. The zero-order valence-corrected chi connectivity index (χ0v) is 12.1. The van der Waals surface area contributed by atoms with Crippen LogP contribution in [0.15, 0.2) is 28.2 Å². The van der Waals surface area contributed by atoms with Crippen LogP contribution in [0.3, 0.4) is 0 Å². The molecule has 1 aliphatic heterocycles. The van der Waals surface area contributed by atoms with Gasteiger partial charge in [-0.2, -0.15) is 0 Å². The van der Waals surface area contributed by atoms with E-state index in [2.05, 4.69) is 9.88 Å². The van der Waals surface area contributed by atoms with Crippen molar-refractivity contribution in [3.05, 3.63) is 29.5 Å². The zero-order valence-electron chi connectivity index (χ0n) is 11.2. The molecule has 0 aromatic carbocycles. The van der Waals surface area contributed by atoms with E-state index in [4.69, 9.17) is 9.15 Å². The van der Waals surface area contributed by atoms with Crippen LogP contribution in [0.4, 0.5) is 0 Å². The lowest BCUT2D eigenvalue weighted by Crippen LogP contribution is -2.23. The standard InChI is InChI=1S/C14H16N2O3S/c1-18-14(17)10-4-5-16(7-10)8-11-9-20-13(15-11)12-3-2-6-19-12/h2-3,6,9-10H,4-5,7-8H2,1H3. The highest BCUT2D eigenvalue weighted by atomic mass is 32.1. The van der Waals surface area contributed by atoms with E-state index in [-0.39, 0.29) is 11.9 Å². The molecule has 1 fully saturated rings. The first kappa shape index (κ1) is 13.3. The minimum atomic E-state index is -0.109. The highest BCUT2D eigenvalue weighted by Gasteiger charge is 2.29. The molecule has 1 unspecified atom stereocenters. The Balaban J connectivity index is 1.61. The number of esters is 1. The molecule has 0 radical (unpaired) electrons. The second-order valence-electron chi connectivity index (χ2n) is 4.87. The number of nitrogens with zero attached hydrogens (tertiary/aromatic N) is 2. The predicted octanol–water partition coefficient (Wildman–Crippen LogP) is 2.40. The van der Waals surface area contributed by atoms with Gasteiger partial charge in [-0.3, -0.25) is 9.69 Å². The molecule has 3 heterocycles. The SMILES string of the molecule is COC(=O)C1CCN(Cc2csc(-c3ccco3)n2)C1. The molecule has 2 aromatic rings. The van der Waals surface area contributed by atoms with Crippen LogP contribution in [0.2, 0.25) is 0 Å². The van der Waals surface area contributed by atoms with E-state index in [0.29, 0.717) is 0 Å². The lowest BCUT2D eigenvalue weighted by molar-refractivity contribution is -0.144. The van der Waals surface area contributed by atoms with Crippen molar-refractivity contribution < 1.29 is 13.9 Å². The summed E-state index contributed by atoms with van der Waals surface area (Å²) in [7, 11) is 1.45. The van der Waals surface area contributed by atoms with Crippen molar-refractivity contribution in [1.82, 2.24) is 9.88 Å². The van der Waals surface area contributed by atoms with Gasteiger partial charge in [-0.05, 0) is 25.1 Å². The van der Waals surface area contributed by atoms with Gasteiger partial charge in [0, 0.05) is 18.5 Å². The van der Waals surface area contributed by atoms with Crippen molar-refractivity contribution >= 4 is 17.3 Å². The Kier molecular flexibility index (Phi) is 3.84. The quantitative estimate of drug-likeness (QED) is 0.810. The first-order chi connectivity index (χ1) is 9.76. The summed E-state index contributed by atoms with van der Waals surface area (Å²) in [6.07, 6.45) is 2.51. The number of thiazole rings is 1. The van der Waals surface area contributed by atoms with E-state index in [0.717, 1.165) is 42.5 Å². The average molecular weight is 292 g/mol. The van der Waals surface area contributed by atoms with Crippen LogP contribution in [0.5, 0.6) is 0 Å². The molecule has 0 spiro atoms. The number of ether oxygens (including phenoxy) is 1. The van der Waals surface area contributed by atoms with E-state index < -0.39 is 0 Å². The zero-order chi connectivity index (χ0) is 13.9. The average Bonchev–Trinajstić information content (AvgIpc) is 3.19. The van der Waals surface area contributed by atoms with Gasteiger partial charge in [0.1, 0.15) is 0 Å². The highest BCUT2D eigenvalue weighted by Crippen LogP contribution is 2.26. The molecule has 0 aliphatic carbocycles. The summed E-state index contributed by atoms with van der Waals surface area (Å²) in [6, 6.07) is 3.77. The summed E-state index contributed by atoms with van der Waals surface area (Å²) in [5.74, 6) is 0.695. The van der Waals surface area contributed by atoms with Gasteiger partial charge in [-0.1, -0.05) is 0 Å². The number of aromatic nitrogens is 1. The second kappa shape index (κ2) is 5.76. The fourth-order valence-corrected chi connectivity index (χ4v) is 3.23. The summed E-state index contributed by atoms with van der Waals surface area (Å²) in [6.45, 7) is 2.43. The number of hydrogen-bond acceptors (Lipinski definition) is 6. The number of furan rings is 1. The van der Waals surface area contributed by atoms with Gasteiger partial charge in [0.05, 0.1) is 25.0 Å². The third-order valence-electron chi connectivity index (χ3n) is 3.48. The van der Waals surface area contributed by atoms with Crippen molar-refractivity contribution in [2.75, 3.05) is 20.2 Å². The van der Waals surface area contributed by atoms with E-state index >= 15 is 0 Å². The molecule has 1 aliphatic rings. The van der Waals surface area contributed by atoms with Gasteiger partial charge in [0.2, 0.25) is 0 Å². The molecule has 0 saturated carbocycles. The normalized spacial score (nSPS) is 19.4. The molecular formula is C14H16N2O3S. The number of carbonyl (C=O) groups excluding carboxylic acids is 1. The Morgan fingerprint density at radius 1 is 1.65 bits per heavy atom. The minimum Gasteiger partial charge on any atom is -0.469 e. The molecule has 0 amide bonds. The molecule has 6 heteroatoms. The predicted molar refractivity (Wildman–Crippen MR) is 75.2 cm³/mol. The first-order valence-corrected chi connectivity index (χ1v) is 7.42. The van der Waals surface area contributed by atoms with Crippen LogP contribution in [-0.4, -0.2) is 36.1 Å². The van der Waals surface area contributed by atoms with E-state index in [1.165, 1.54) is 7.11 Å². The lowest BCUT2D eigenvalue weighted by Gasteiger charge is -2.13. The Morgan fingerprint density at radius 2 is 2.55 bits per heavy atom. The van der Waals surface area contributed by atoms with Crippen molar-refractivity contribution in [2.24, 2.45) is 5.92 Å². The first-order valence-electron chi connectivity index (χ1n) is 6.54. The maximum Gasteiger partial charge on any atom is 0.310 e. The Morgan fingerprint density at radius 3 is 3.30 bits per heavy atom. The molecule has 1 atom stereocenters. The fraction of sp³-hybridized carbons (Fsp3) is 0.429. The Labute approximate surface area is 121 Å². The number of likely N-dealkylation sites (tertiary alicyclic amines) is 1. The van der Waals surface area contributed by atoms with Crippen molar-refractivity contribution in [1.29, 1.82) is 0 Å². The molecule has 2 aromatic heterocycles. The number of carbonyl (C=O) groups is 1. The van der Waals surface area contributed by atoms with Crippen molar-refractivity contribution in [2.45, 2.75) is 13.0 Å². The van der Waals surface area contributed by atoms with E-state index in [9.17, 15) is 4.79 Å². The Bertz CT molecular complexity index is 579. The lowest BCUT2D eigenvalue weighted by atomic mass is 10.1. The molecule has 5 nitrogen and oxygen atoms in total. The molecule has 3 rings (SSSR count). The van der Waals surface area contributed by atoms with Crippen molar-refractivity contribution in [3.8, 4) is 10.8 Å². The molecule has 0 bridgehead atoms. The molecule has 20 heavy (non-hydrogen) atoms. The van der Waals surface area contributed by atoms with Crippen LogP contribution in [0, 0.1) is 5.92 Å². The molecule has 106 valence electrons.